The van der Waals surface area contributed by atoms with Crippen LogP contribution in [0.5, 0.6) is 5.75 Å². The lowest BCUT2D eigenvalue weighted by molar-refractivity contribution is 0.0948. The Bertz CT molecular complexity index is 1510. The second-order valence-electron chi connectivity index (χ2n) is 8.50. The number of benzene rings is 1. The summed E-state index contributed by atoms with van der Waals surface area (Å²) in [5, 5.41) is 7.13. The van der Waals surface area contributed by atoms with Gasteiger partial charge in [0.25, 0.3) is 5.91 Å². The Kier molecular flexibility index (Phi) is 6.36. The fourth-order valence-corrected chi connectivity index (χ4v) is 4.05. The molecule has 4 aromatic heterocycles. The van der Waals surface area contributed by atoms with E-state index in [1.807, 2.05) is 18.3 Å². The molecular formula is C27H26N6O3. The van der Waals surface area contributed by atoms with Crippen LogP contribution in [0.25, 0.3) is 22.2 Å². The Morgan fingerprint density at radius 3 is 2.83 bits per heavy atom. The molecule has 1 aromatic carbocycles. The van der Waals surface area contributed by atoms with Crippen LogP contribution in [0.15, 0.2) is 77.9 Å². The molecule has 5 aromatic rings. The third-order valence-electron chi connectivity index (χ3n) is 5.84. The van der Waals surface area contributed by atoms with Crippen molar-refractivity contribution in [3.8, 4) is 17.0 Å². The van der Waals surface area contributed by atoms with Crippen LogP contribution in [-0.2, 0) is 6.54 Å². The van der Waals surface area contributed by atoms with Gasteiger partial charge in [-0.15, -0.1) is 0 Å². The van der Waals surface area contributed by atoms with Gasteiger partial charge in [-0.1, -0.05) is 0 Å². The zero-order valence-electron chi connectivity index (χ0n) is 20.2. The van der Waals surface area contributed by atoms with E-state index in [0.717, 1.165) is 22.2 Å². The number of hydrogen-bond donors (Lipinski definition) is 2. The normalized spacial score (nSPS) is 11.1. The highest BCUT2D eigenvalue weighted by molar-refractivity contribution is 5.96. The highest BCUT2D eigenvalue weighted by Crippen LogP contribution is 2.32. The number of fused-ring (bicyclic) bond motifs is 1. The predicted molar refractivity (Wildman–Crippen MR) is 137 cm³/mol. The molecule has 5 rings (SSSR count). The Hall–Kier alpha value is -4.66. The number of ether oxygens (including phenoxy) is 1. The molecule has 4 heterocycles. The molecule has 36 heavy (non-hydrogen) atoms. The first-order valence-electron chi connectivity index (χ1n) is 11.6. The van der Waals surface area contributed by atoms with Gasteiger partial charge in [0.05, 0.1) is 43.0 Å². The number of carbonyl (C=O) groups excluding carboxylic acids is 1. The minimum Gasteiger partial charge on any atom is -0.495 e. The maximum Gasteiger partial charge on any atom is 0.251 e. The van der Waals surface area contributed by atoms with Gasteiger partial charge in [-0.3, -0.25) is 9.78 Å². The fourth-order valence-electron chi connectivity index (χ4n) is 4.05. The van der Waals surface area contributed by atoms with Crippen molar-refractivity contribution in [2.75, 3.05) is 12.4 Å². The van der Waals surface area contributed by atoms with Crippen LogP contribution >= 0.6 is 0 Å². The summed E-state index contributed by atoms with van der Waals surface area (Å²) in [6.07, 6.45) is 9.02. The SMILES string of the molecule is COc1ccc(C(=O)NCc2ccco2)cc1Nc1nccc(-c2cn(C(C)C)c3cnccc23)n1. The number of methoxy groups -OCH3 is 1. The van der Waals surface area contributed by atoms with Crippen molar-refractivity contribution in [1.29, 1.82) is 0 Å². The zero-order chi connectivity index (χ0) is 25.1. The topological polar surface area (TPSA) is 107 Å². The van der Waals surface area contributed by atoms with Gasteiger partial charge in [0.2, 0.25) is 5.95 Å². The van der Waals surface area contributed by atoms with Crippen molar-refractivity contribution < 1.29 is 13.9 Å². The third-order valence-corrected chi connectivity index (χ3v) is 5.84. The second-order valence-corrected chi connectivity index (χ2v) is 8.50. The van der Waals surface area contributed by atoms with E-state index in [4.69, 9.17) is 14.1 Å². The molecule has 182 valence electrons. The van der Waals surface area contributed by atoms with Gasteiger partial charge in [0.15, 0.2) is 0 Å². The lowest BCUT2D eigenvalue weighted by Crippen LogP contribution is -2.22. The standard InChI is InChI=1S/C27H26N6O3/c1-17(2)33-16-21(20-8-10-28-15-24(20)33)22-9-11-29-27(31-22)32-23-13-18(6-7-25(23)35-3)26(34)30-14-19-5-4-12-36-19/h4-13,15-17H,14H2,1-3H3,(H,30,34)(H,29,31,32). The first-order chi connectivity index (χ1) is 17.5. The average Bonchev–Trinajstić information content (AvgIpc) is 3.56. The van der Waals surface area contributed by atoms with Crippen molar-refractivity contribution in [2.45, 2.75) is 26.4 Å². The molecule has 0 bridgehead atoms. The third kappa shape index (κ3) is 4.63. The summed E-state index contributed by atoms with van der Waals surface area (Å²) >= 11 is 0. The molecule has 0 unspecified atom stereocenters. The minimum atomic E-state index is -0.234. The van der Waals surface area contributed by atoms with Crippen LogP contribution in [0.3, 0.4) is 0 Å². The van der Waals surface area contributed by atoms with Crippen LogP contribution in [0.2, 0.25) is 0 Å². The smallest absolute Gasteiger partial charge is 0.251 e. The summed E-state index contributed by atoms with van der Waals surface area (Å²) in [5.41, 5.74) is 3.85. The summed E-state index contributed by atoms with van der Waals surface area (Å²) in [6, 6.07) is 12.9. The van der Waals surface area contributed by atoms with E-state index in [1.54, 1.807) is 56.1 Å². The molecule has 0 aliphatic rings. The predicted octanol–water partition coefficient (Wildman–Crippen LogP) is 5.35. The first-order valence-corrected chi connectivity index (χ1v) is 11.6. The maximum absolute atomic E-state index is 12.7. The van der Waals surface area contributed by atoms with Crippen molar-refractivity contribution in [3.05, 3.63) is 84.8 Å². The number of nitrogens with one attached hydrogen (secondary N) is 2. The highest BCUT2D eigenvalue weighted by atomic mass is 16.5. The van der Waals surface area contributed by atoms with Gasteiger partial charge in [-0.05, 0) is 56.3 Å². The number of furan rings is 1. The van der Waals surface area contributed by atoms with Crippen LogP contribution in [-0.4, -0.2) is 32.5 Å². The zero-order valence-corrected chi connectivity index (χ0v) is 20.2. The van der Waals surface area contributed by atoms with E-state index in [-0.39, 0.29) is 11.9 Å². The second kappa shape index (κ2) is 9.91. The van der Waals surface area contributed by atoms with Crippen molar-refractivity contribution in [3.63, 3.8) is 0 Å². The van der Waals surface area contributed by atoms with E-state index in [9.17, 15) is 4.79 Å². The van der Waals surface area contributed by atoms with Gasteiger partial charge in [0.1, 0.15) is 11.5 Å². The molecule has 0 saturated carbocycles. The fraction of sp³-hybridized carbons (Fsp3) is 0.185. The number of anilines is 2. The molecular weight excluding hydrogens is 456 g/mol. The number of pyridine rings is 1. The number of carbonyl (C=O) groups is 1. The van der Waals surface area contributed by atoms with Gasteiger partial charge >= 0.3 is 0 Å². The number of rotatable bonds is 8. The Morgan fingerprint density at radius 1 is 1.17 bits per heavy atom. The quantitative estimate of drug-likeness (QED) is 0.307. The van der Waals surface area contributed by atoms with Crippen LogP contribution in [0.1, 0.15) is 36.0 Å². The molecule has 0 atom stereocenters. The van der Waals surface area contributed by atoms with Crippen LogP contribution in [0.4, 0.5) is 11.6 Å². The average molecular weight is 483 g/mol. The minimum absolute atomic E-state index is 0.234. The van der Waals surface area contributed by atoms with Gasteiger partial charge < -0.3 is 24.4 Å². The molecule has 0 aliphatic heterocycles. The molecule has 0 aliphatic carbocycles. The number of aromatic nitrogens is 4. The van der Waals surface area contributed by atoms with E-state index >= 15 is 0 Å². The van der Waals surface area contributed by atoms with Crippen LogP contribution < -0.4 is 15.4 Å². The number of amides is 1. The molecule has 0 radical (unpaired) electrons. The molecule has 9 heteroatoms. The summed E-state index contributed by atoms with van der Waals surface area (Å²) in [6.45, 7) is 4.56. The largest absolute Gasteiger partial charge is 0.495 e. The summed E-state index contributed by atoms with van der Waals surface area (Å²) < 4.78 is 13.0. The lowest BCUT2D eigenvalue weighted by Gasteiger charge is -2.12. The van der Waals surface area contributed by atoms with Crippen molar-refractivity contribution in [2.24, 2.45) is 0 Å². The monoisotopic (exact) mass is 482 g/mol. The maximum atomic E-state index is 12.7. The molecule has 9 nitrogen and oxygen atoms in total. The van der Waals surface area contributed by atoms with Crippen LogP contribution in [0, 0.1) is 0 Å². The molecule has 0 saturated heterocycles. The lowest BCUT2D eigenvalue weighted by atomic mass is 10.1. The van der Waals surface area contributed by atoms with Gasteiger partial charge in [0, 0.05) is 41.1 Å². The van der Waals surface area contributed by atoms with Gasteiger partial charge in [-0.2, -0.15) is 0 Å². The Morgan fingerprint density at radius 2 is 2.06 bits per heavy atom. The number of hydrogen-bond acceptors (Lipinski definition) is 7. The summed E-state index contributed by atoms with van der Waals surface area (Å²) in [7, 11) is 1.57. The van der Waals surface area contributed by atoms with E-state index < -0.39 is 0 Å². The number of nitrogens with zero attached hydrogens (tertiary/aromatic N) is 4. The van der Waals surface area contributed by atoms with Gasteiger partial charge in [-0.25, -0.2) is 9.97 Å². The molecule has 0 spiro atoms. The van der Waals surface area contributed by atoms with Crippen molar-refractivity contribution in [1.82, 2.24) is 24.8 Å². The Balaban J connectivity index is 1.43. The highest BCUT2D eigenvalue weighted by Gasteiger charge is 2.15. The molecule has 0 fully saturated rings. The van der Waals surface area contributed by atoms with E-state index in [2.05, 4.69) is 45.2 Å². The summed E-state index contributed by atoms with van der Waals surface area (Å²) in [4.78, 5) is 26.1. The van der Waals surface area contributed by atoms with E-state index in [0.29, 0.717) is 35.3 Å². The van der Waals surface area contributed by atoms with Crippen molar-refractivity contribution >= 4 is 28.4 Å². The summed E-state index contributed by atoms with van der Waals surface area (Å²) in [5.74, 6) is 1.39. The molecule has 1 amide bonds. The first kappa shape index (κ1) is 23.1. The Labute approximate surface area is 208 Å². The van der Waals surface area contributed by atoms with E-state index in [1.165, 1.54) is 0 Å². The molecule has 2 N–H and O–H groups in total.